The van der Waals surface area contributed by atoms with Gasteiger partial charge in [-0.1, -0.05) is 0 Å². The van der Waals surface area contributed by atoms with E-state index in [1.165, 1.54) is 28.5 Å². The Morgan fingerprint density at radius 3 is 2.95 bits per heavy atom. The largest absolute Gasteiger partial charge is 0.312 e. The second-order valence-electron chi connectivity index (χ2n) is 5.35. The Labute approximate surface area is 128 Å². The molecule has 2 aromatic rings. The second kappa shape index (κ2) is 5.92. The minimum atomic E-state index is 0.394. The maximum atomic E-state index is 4.45. The van der Waals surface area contributed by atoms with E-state index >= 15 is 0 Å². The molecular formula is C15H21N3S2. The first kappa shape index (κ1) is 14.2. The van der Waals surface area contributed by atoms with E-state index in [1.54, 1.807) is 10.4 Å². The molecule has 0 spiro atoms. The third-order valence-electron chi connectivity index (χ3n) is 3.85. The molecule has 2 aromatic heterocycles. The lowest BCUT2D eigenvalue weighted by molar-refractivity contribution is 0.569. The van der Waals surface area contributed by atoms with Crippen molar-refractivity contribution in [1.82, 2.24) is 15.1 Å². The predicted molar refractivity (Wildman–Crippen MR) is 87.6 cm³/mol. The lowest BCUT2D eigenvalue weighted by Crippen LogP contribution is -2.19. The Morgan fingerprint density at radius 2 is 2.30 bits per heavy atom. The summed E-state index contributed by atoms with van der Waals surface area (Å²) in [6, 6.07) is 5.00. The van der Waals surface area contributed by atoms with Crippen molar-refractivity contribution in [3.05, 3.63) is 38.8 Å². The zero-order valence-corrected chi connectivity index (χ0v) is 13.9. The number of nitrogens with one attached hydrogen (secondary N) is 1. The summed E-state index contributed by atoms with van der Waals surface area (Å²) in [4.78, 5) is 3.07. The number of thiophene rings is 1. The monoisotopic (exact) mass is 307 g/mol. The number of nitrogens with zero attached hydrogens (tertiary/aromatic N) is 2. The van der Waals surface area contributed by atoms with E-state index in [4.69, 9.17) is 0 Å². The van der Waals surface area contributed by atoms with Crippen LogP contribution in [0.1, 0.15) is 32.7 Å². The van der Waals surface area contributed by atoms with E-state index in [9.17, 15) is 0 Å². The van der Waals surface area contributed by atoms with Gasteiger partial charge in [0.15, 0.2) is 0 Å². The molecule has 0 fully saturated rings. The SMILES string of the molecule is CNC(Cc1cc(C)nn1C)c1cc2c(s1)CCSC2. The second-order valence-corrected chi connectivity index (χ2v) is 7.62. The molecule has 1 N–H and O–H groups in total. The van der Waals surface area contributed by atoms with E-state index in [0.29, 0.717) is 6.04 Å². The Hall–Kier alpha value is -0.780. The van der Waals surface area contributed by atoms with Crippen LogP contribution in [0, 0.1) is 6.92 Å². The topological polar surface area (TPSA) is 29.9 Å². The van der Waals surface area contributed by atoms with Crippen molar-refractivity contribution in [2.75, 3.05) is 12.8 Å². The molecule has 1 unspecified atom stereocenters. The molecule has 1 atom stereocenters. The fourth-order valence-electron chi connectivity index (χ4n) is 2.75. The molecule has 0 radical (unpaired) electrons. The van der Waals surface area contributed by atoms with E-state index in [2.05, 4.69) is 48.3 Å². The van der Waals surface area contributed by atoms with Gasteiger partial charge in [-0.3, -0.25) is 4.68 Å². The smallest absolute Gasteiger partial charge is 0.0596 e. The van der Waals surface area contributed by atoms with Gasteiger partial charge in [0.1, 0.15) is 0 Å². The first-order valence-electron chi connectivity index (χ1n) is 7.03. The molecule has 20 heavy (non-hydrogen) atoms. The van der Waals surface area contributed by atoms with E-state index in [1.807, 2.05) is 23.1 Å². The zero-order chi connectivity index (χ0) is 14.1. The fourth-order valence-corrected chi connectivity index (χ4v) is 5.24. The number of aryl methyl sites for hydroxylation is 3. The molecule has 0 amide bonds. The van der Waals surface area contributed by atoms with Crippen molar-refractivity contribution in [2.24, 2.45) is 7.05 Å². The normalized spacial score (nSPS) is 16.1. The molecule has 0 saturated heterocycles. The van der Waals surface area contributed by atoms with Crippen LogP contribution in [0.2, 0.25) is 0 Å². The first-order valence-corrected chi connectivity index (χ1v) is 9.00. The van der Waals surface area contributed by atoms with Crippen LogP contribution in [0.5, 0.6) is 0 Å². The molecule has 0 saturated carbocycles. The summed E-state index contributed by atoms with van der Waals surface area (Å²) >= 11 is 4.05. The molecule has 3 nitrogen and oxygen atoms in total. The van der Waals surface area contributed by atoms with Crippen LogP contribution in [0.4, 0.5) is 0 Å². The Balaban J connectivity index is 1.82. The number of aromatic nitrogens is 2. The van der Waals surface area contributed by atoms with E-state index in [0.717, 1.165) is 12.1 Å². The van der Waals surface area contributed by atoms with Crippen LogP contribution < -0.4 is 5.32 Å². The average molecular weight is 307 g/mol. The molecule has 5 heteroatoms. The van der Waals surface area contributed by atoms with Gasteiger partial charge in [0.05, 0.1) is 5.69 Å². The van der Waals surface area contributed by atoms with Crippen LogP contribution >= 0.6 is 23.1 Å². The number of hydrogen-bond acceptors (Lipinski definition) is 4. The van der Waals surface area contributed by atoms with E-state index < -0.39 is 0 Å². The number of likely N-dealkylation sites (N-methyl/N-ethyl adjacent to an activating group) is 1. The molecular weight excluding hydrogens is 286 g/mol. The average Bonchev–Trinajstić information content (AvgIpc) is 2.99. The highest BCUT2D eigenvalue weighted by Gasteiger charge is 2.19. The molecule has 3 rings (SSSR count). The first-order chi connectivity index (χ1) is 9.67. The maximum Gasteiger partial charge on any atom is 0.0596 e. The van der Waals surface area contributed by atoms with E-state index in [-0.39, 0.29) is 0 Å². The van der Waals surface area contributed by atoms with Crippen LogP contribution in [0.15, 0.2) is 12.1 Å². The molecule has 0 bridgehead atoms. The highest BCUT2D eigenvalue weighted by Crippen LogP contribution is 2.35. The lowest BCUT2D eigenvalue weighted by Gasteiger charge is -2.14. The number of fused-ring (bicyclic) bond motifs is 1. The summed E-state index contributed by atoms with van der Waals surface area (Å²) < 4.78 is 2.00. The minimum Gasteiger partial charge on any atom is -0.312 e. The van der Waals surface area contributed by atoms with Gasteiger partial charge in [-0.2, -0.15) is 16.9 Å². The number of thioether (sulfide) groups is 1. The quantitative estimate of drug-likeness (QED) is 0.941. The third kappa shape index (κ3) is 2.80. The van der Waals surface area contributed by atoms with Crippen molar-refractivity contribution in [3.63, 3.8) is 0 Å². The third-order valence-corrected chi connectivity index (χ3v) is 6.21. The summed E-state index contributed by atoms with van der Waals surface area (Å²) in [5.74, 6) is 2.46. The summed E-state index contributed by atoms with van der Waals surface area (Å²) in [5, 5.41) is 7.92. The van der Waals surface area contributed by atoms with Crippen molar-refractivity contribution in [1.29, 1.82) is 0 Å². The standard InChI is InChI=1S/C15H21N3S2/c1-10-6-12(18(3)17-10)8-13(16-2)15-7-11-9-19-5-4-14(11)20-15/h6-7,13,16H,4-5,8-9H2,1-3H3. The van der Waals surface area contributed by atoms with Crippen LogP contribution in [0.3, 0.4) is 0 Å². The predicted octanol–water partition coefficient (Wildman–Crippen LogP) is 3.08. The van der Waals surface area contributed by atoms with Gasteiger partial charge < -0.3 is 5.32 Å². The summed E-state index contributed by atoms with van der Waals surface area (Å²) in [7, 11) is 4.09. The number of hydrogen-bond donors (Lipinski definition) is 1. The van der Waals surface area contributed by atoms with Crippen molar-refractivity contribution in [3.8, 4) is 0 Å². The summed E-state index contributed by atoms with van der Waals surface area (Å²) in [6.07, 6.45) is 2.24. The van der Waals surface area contributed by atoms with Crippen molar-refractivity contribution >= 4 is 23.1 Å². The van der Waals surface area contributed by atoms with Gasteiger partial charge in [0, 0.05) is 40.7 Å². The Morgan fingerprint density at radius 1 is 1.45 bits per heavy atom. The maximum absolute atomic E-state index is 4.45. The molecule has 0 aromatic carbocycles. The molecule has 108 valence electrons. The van der Waals surface area contributed by atoms with Gasteiger partial charge in [-0.05, 0) is 43.8 Å². The molecule has 1 aliphatic rings. The van der Waals surface area contributed by atoms with Gasteiger partial charge in [0.2, 0.25) is 0 Å². The molecule has 3 heterocycles. The van der Waals surface area contributed by atoms with Gasteiger partial charge in [-0.15, -0.1) is 11.3 Å². The highest BCUT2D eigenvalue weighted by atomic mass is 32.2. The number of rotatable bonds is 4. The zero-order valence-electron chi connectivity index (χ0n) is 12.3. The molecule has 0 aliphatic carbocycles. The van der Waals surface area contributed by atoms with Crippen LogP contribution in [-0.2, 0) is 25.6 Å². The van der Waals surface area contributed by atoms with Gasteiger partial charge >= 0.3 is 0 Å². The lowest BCUT2D eigenvalue weighted by atomic mass is 10.1. The fraction of sp³-hybridized carbons (Fsp3) is 0.533. The minimum absolute atomic E-state index is 0.394. The summed E-state index contributed by atoms with van der Waals surface area (Å²) in [6.45, 7) is 2.05. The van der Waals surface area contributed by atoms with Crippen molar-refractivity contribution < 1.29 is 0 Å². The van der Waals surface area contributed by atoms with Crippen LogP contribution in [-0.4, -0.2) is 22.6 Å². The Kier molecular flexibility index (Phi) is 4.19. The molecule has 1 aliphatic heterocycles. The van der Waals surface area contributed by atoms with Gasteiger partial charge in [0.25, 0.3) is 0 Å². The Bertz CT molecular complexity index is 577. The summed E-state index contributed by atoms with van der Waals surface area (Å²) in [5.41, 5.74) is 3.95. The highest BCUT2D eigenvalue weighted by molar-refractivity contribution is 7.98. The van der Waals surface area contributed by atoms with Crippen molar-refractivity contribution in [2.45, 2.75) is 31.6 Å². The van der Waals surface area contributed by atoms with Crippen LogP contribution in [0.25, 0.3) is 0 Å². The van der Waals surface area contributed by atoms with Gasteiger partial charge in [-0.25, -0.2) is 0 Å².